The van der Waals surface area contributed by atoms with Gasteiger partial charge in [0.15, 0.2) is 0 Å². The number of rotatable bonds is 2. The Morgan fingerprint density at radius 2 is 1.84 bits per heavy atom. The van der Waals surface area contributed by atoms with Gasteiger partial charge < -0.3 is 5.32 Å². The Hall–Kier alpha value is -1.28. The standard InChI is InChI=1S/C16H18ClNO/c17-11-6-5-7-12(10-11)18-16(19)15-13-8-3-1-2-4-9-14(13)15/h1-2,5-7,10,13-15H,3-4,8-9H2,(H,18,19)/b2-1+/t13-,14-/m0/s1. The number of hydrogen-bond donors (Lipinski definition) is 1. The van der Waals surface area contributed by atoms with E-state index in [0.29, 0.717) is 16.9 Å². The molecule has 100 valence electrons. The van der Waals surface area contributed by atoms with E-state index in [1.54, 1.807) is 6.07 Å². The molecule has 0 radical (unpaired) electrons. The van der Waals surface area contributed by atoms with Gasteiger partial charge in [-0.25, -0.2) is 0 Å². The number of carbonyl (C=O) groups is 1. The van der Waals surface area contributed by atoms with E-state index in [9.17, 15) is 4.79 Å². The van der Waals surface area contributed by atoms with E-state index in [-0.39, 0.29) is 11.8 Å². The summed E-state index contributed by atoms with van der Waals surface area (Å²) in [6.07, 6.45) is 9.02. The lowest BCUT2D eigenvalue weighted by molar-refractivity contribution is -0.117. The normalized spacial score (nSPS) is 30.7. The van der Waals surface area contributed by atoms with Gasteiger partial charge in [-0.05, 0) is 55.7 Å². The lowest BCUT2D eigenvalue weighted by atomic mass is 10.1. The van der Waals surface area contributed by atoms with Gasteiger partial charge in [-0.2, -0.15) is 0 Å². The summed E-state index contributed by atoms with van der Waals surface area (Å²) in [5.74, 6) is 1.55. The highest BCUT2D eigenvalue weighted by atomic mass is 35.5. The van der Waals surface area contributed by atoms with Crippen molar-refractivity contribution < 1.29 is 4.79 Å². The molecule has 2 atom stereocenters. The Morgan fingerprint density at radius 1 is 1.16 bits per heavy atom. The summed E-state index contributed by atoms with van der Waals surface area (Å²) < 4.78 is 0. The van der Waals surface area contributed by atoms with Gasteiger partial charge in [0, 0.05) is 16.6 Å². The molecule has 2 nitrogen and oxygen atoms in total. The molecule has 0 spiro atoms. The fourth-order valence-electron chi connectivity index (χ4n) is 3.23. The summed E-state index contributed by atoms with van der Waals surface area (Å²) in [5.41, 5.74) is 0.801. The third-order valence-corrected chi connectivity index (χ3v) is 4.46. The summed E-state index contributed by atoms with van der Waals surface area (Å²) in [4.78, 5) is 12.3. The number of allylic oxidation sites excluding steroid dienone is 2. The second-order valence-electron chi connectivity index (χ2n) is 5.48. The molecular weight excluding hydrogens is 258 g/mol. The van der Waals surface area contributed by atoms with Crippen LogP contribution in [-0.4, -0.2) is 5.91 Å². The van der Waals surface area contributed by atoms with Crippen molar-refractivity contribution in [1.82, 2.24) is 0 Å². The lowest BCUT2D eigenvalue weighted by Crippen LogP contribution is -2.15. The van der Waals surface area contributed by atoms with Crippen molar-refractivity contribution in [3.8, 4) is 0 Å². The van der Waals surface area contributed by atoms with Gasteiger partial charge in [-0.15, -0.1) is 0 Å². The molecule has 1 amide bonds. The molecule has 1 fully saturated rings. The Labute approximate surface area is 118 Å². The SMILES string of the molecule is O=C(Nc1cccc(Cl)c1)C1[C@H]2CC/C=C/CC[C@H]12. The van der Waals surface area contributed by atoms with E-state index in [1.165, 1.54) is 0 Å². The molecule has 0 heterocycles. The summed E-state index contributed by atoms with van der Waals surface area (Å²) >= 11 is 5.93. The highest BCUT2D eigenvalue weighted by Crippen LogP contribution is 2.53. The summed E-state index contributed by atoms with van der Waals surface area (Å²) in [5, 5.41) is 3.65. The van der Waals surface area contributed by atoms with Gasteiger partial charge in [0.05, 0.1) is 0 Å². The molecule has 0 aliphatic heterocycles. The largest absolute Gasteiger partial charge is 0.326 e. The van der Waals surface area contributed by atoms with Crippen molar-refractivity contribution in [3.63, 3.8) is 0 Å². The Morgan fingerprint density at radius 3 is 2.47 bits per heavy atom. The van der Waals surface area contributed by atoms with Gasteiger partial charge in [0.2, 0.25) is 5.91 Å². The van der Waals surface area contributed by atoms with Gasteiger partial charge in [0.25, 0.3) is 0 Å². The van der Waals surface area contributed by atoms with Crippen molar-refractivity contribution in [1.29, 1.82) is 0 Å². The molecule has 1 aromatic rings. The van der Waals surface area contributed by atoms with Crippen LogP contribution in [0.1, 0.15) is 25.7 Å². The zero-order valence-electron chi connectivity index (χ0n) is 10.8. The number of halogens is 1. The number of amides is 1. The highest BCUT2D eigenvalue weighted by Gasteiger charge is 2.53. The highest BCUT2D eigenvalue weighted by molar-refractivity contribution is 6.30. The lowest BCUT2D eigenvalue weighted by Gasteiger charge is -2.05. The number of fused-ring (bicyclic) bond motifs is 1. The first-order chi connectivity index (χ1) is 9.25. The first-order valence-electron chi connectivity index (χ1n) is 6.97. The van der Waals surface area contributed by atoms with Crippen molar-refractivity contribution in [2.45, 2.75) is 25.7 Å². The zero-order chi connectivity index (χ0) is 13.2. The third-order valence-electron chi connectivity index (χ3n) is 4.23. The van der Waals surface area contributed by atoms with E-state index >= 15 is 0 Å². The maximum atomic E-state index is 12.3. The van der Waals surface area contributed by atoms with Crippen LogP contribution < -0.4 is 5.32 Å². The summed E-state index contributed by atoms with van der Waals surface area (Å²) in [7, 11) is 0. The Kier molecular flexibility index (Phi) is 3.61. The van der Waals surface area contributed by atoms with Crippen LogP contribution in [0.5, 0.6) is 0 Å². The van der Waals surface area contributed by atoms with E-state index in [1.807, 2.05) is 18.2 Å². The van der Waals surface area contributed by atoms with Crippen LogP contribution in [0.3, 0.4) is 0 Å². The number of benzene rings is 1. The molecule has 1 N–H and O–H groups in total. The van der Waals surface area contributed by atoms with Gasteiger partial charge in [0.1, 0.15) is 0 Å². The second-order valence-corrected chi connectivity index (χ2v) is 5.92. The van der Waals surface area contributed by atoms with E-state index in [2.05, 4.69) is 17.5 Å². The van der Waals surface area contributed by atoms with Gasteiger partial charge in [-0.1, -0.05) is 29.8 Å². The predicted molar refractivity (Wildman–Crippen MR) is 78.2 cm³/mol. The zero-order valence-corrected chi connectivity index (χ0v) is 11.6. The molecule has 3 rings (SSSR count). The van der Waals surface area contributed by atoms with Crippen LogP contribution in [0, 0.1) is 17.8 Å². The quantitative estimate of drug-likeness (QED) is 0.803. The van der Waals surface area contributed by atoms with Crippen molar-refractivity contribution in [2.75, 3.05) is 5.32 Å². The van der Waals surface area contributed by atoms with Crippen molar-refractivity contribution in [3.05, 3.63) is 41.4 Å². The monoisotopic (exact) mass is 275 g/mol. The van der Waals surface area contributed by atoms with Gasteiger partial charge in [-0.3, -0.25) is 4.79 Å². The Balaban J connectivity index is 1.63. The minimum Gasteiger partial charge on any atom is -0.326 e. The summed E-state index contributed by atoms with van der Waals surface area (Å²) in [6.45, 7) is 0. The minimum absolute atomic E-state index is 0.166. The van der Waals surface area contributed by atoms with Crippen LogP contribution in [0.4, 0.5) is 5.69 Å². The van der Waals surface area contributed by atoms with Gasteiger partial charge >= 0.3 is 0 Å². The van der Waals surface area contributed by atoms with Crippen molar-refractivity contribution >= 4 is 23.2 Å². The second kappa shape index (κ2) is 5.38. The molecule has 2 aliphatic carbocycles. The average molecular weight is 276 g/mol. The fraction of sp³-hybridized carbons (Fsp3) is 0.438. The predicted octanol–water partition coefficient (Wildman–Crippen LogP) is 4.27. The van der Waals surface area contributed by atoms with Crippen LogP contribution in [0.15, 0.2) is 36.4 Å². The molecule has 0 unspecified atom stereocenters. The minimum atomic E-state index is 0.166. The number of nitrogens with one attached hydrogen (secondary N) is 1. The molecule has 19 heavy (non-hydrogen) atoms. The fourth-order valence-corrected chi connectivity index (χ4v) is 3.42. The first-order valence-corrected chi connectivity index (χ1v) is 7.35. The number of anilines is 1. The average Bonchev–Trinajstić information content (AvgIpc) is 3.00. The van der Waals surface area contributed by atoms with Crippen LogP contribution in [0.25, 0.3) is 0 Å². The maximum absolute atomic E-state index is 12.3. The Bertz CT molecular complexity index is 495. The van der Waals surface area contributed by atoms with E-state index in [4.69, 9.17) is 11.6 Å². The smallest absolute Gasteiger partial charge is 0.228 e. The molecule has 0 saturated heterocycles. The van der Waals surface area contributed by atoms with Crippen LogP contribution in [0.2, 0.25) is 5.02 Å². The molecule has 0 bridgehead atoms. The van der Waals surface area contributed by atoms with Crippen molar-refractivity contribution in [2.24, 2.45) is 17.8 Å². The molecule has 0 aromatic heterocycles. The number of carbonyl (C=O) groups excluding carboxylic acids is 1. The van der Waals surface area contributed by atoms with E-state index < -0.39 is 0 Å². The van der Waals surface area contributed by atoms with Crippen LogP contribution >= 0.6 is 11.6 Å². The topological polar surface area (TPSA) is 29.1 Å². The molecule has 1 saturated carbocycles. The maximum Gasteiger partial charge on any atom is 0.228 e. The molecule has 2 aliphatic rings. The third kappa shape index (κ3) is 2.84. The van der Waals surface area contributed by atoms with Crippen LogP contribution in [-0.2, 0) is 4.79 Å². The molecular formula is C16H18ClNO. The number of hydrogen-bond acceptors (Lipinski definition) is 1. The van der Waals surface area contributed by atoms with E-state index in [0.717, 1.165) is 31.4 Å². The molecule has 3 heteroatoms. The molecule has 1 aromatic carbocycles. The summed E-state index contributed by atoms with van der Waals surface area (Å²) in [6, 6.07) is 7.35. The first kappa shape index (κ1) is 12.7.